The van der Waals surface area contributed by atoms with E-state index in [1.807, 2.05) is 19.9 Å². The first-order valence-corrected chi connectivity index (χ1v) is 13.0. The zero-order valence-electron chi connectivity index (χ0n) is 20.7. The van der Waals surface area contributed by atoms with E-state index in [2.05, 4.69) is 24.0 Å². The van der Waals surface area contributed by atoms with Crippen molar-refractivity contribution in [2.45, 2.75) is 129 Å². The number of rotatable bonds is 23. The number of halogens is 1. The Bertz CT molecular complexity index is 375. The van der Waals surface area contributed by atoms with Crippen LogP contribution in [0.4, 0.5) is 0 Å². The predicted molar refractivity (Wildman–Crippen MR) is 132 cm³/mol. The molecule has 0 bridgehead atoms. The van der Waals surface area contributed by atoms with Crippen molar-refractivity contribution in [2.75, 3.05) is 13.1 Å². The summed E-state index contributed by atoms with van der Waals surface area (Å²) in [7, 11) is 0. The Morgan fingerprint density at radius 3 is 1.65 bits per heavy atom. The van der Waals surface area contributed by atoms with Gasteiger partial charge in [0.25, 0.3) is 0 Å². The highest BCUT2D eigenvalue weighted by Gasteiger charge is 2.14. The Morgan fingerprint density at radius 2 is 1.16 bits per heavy atom. The van der Waals surface area contributed by atoms with Gasteiger partial charge in [0.2, 0.25) is 0 Å². The van der Waals surface area contributed by atoms with Crippen molar-refractivity contribution in [1.29, 1.82) is 0 Å². The Morgan fingerprint density at radius 1 is 0.710 bits per heavy atom. The van der Waals surface area contributed by atoms with Gasteiger partial charge >= 0.3 is 0 Å². The van der Waals surface area contributed by atoms with E-state index in [4.69, 9.17) is 0 Å². The van der Waals surface area contributed by atoms with Gasteiger partial charge in [-0.25, -0.2) is 0 Å². The van der Waals surface area contributed by atoms with Gasteiger partial charge in [-0.05, 0) is 77.2 Å². The number of aliphatic hydroxyl groups excluding tert-OH is 2. The maximum atomic E-state index is 9.60. The van der Waals surface area contributed by atoms with Crippen molar-refractivity contribution in [3.8, 4) is 0 Å². The molecular weight excluding hydrogens is 406 g/mol. The van der Waals surface area contributed by atoms with E-state index in [0.717, 1.165) is 25.8 Å². The molecule has 0 aliphatic rings. The lowest BCUT2D eigenvalue weighted by molar-refractivity contribution is -0.646. The molecule has 0 saturated heterocycles. The monoisotopic (exact) mass is 459 g/mol. The summed E-state index contributed by atoms with van der Waals surface area (Å²) in [5.41, 5.74) is 0. The van der Waals surface area contributed by atoms with Gasteiger partial charge in [-0.3, -0.25) is 0 Å². The molecule has 0 heterocycles. The summed E-state index contributed by atoms with van der Waals surface area (Å²) < 4.78 is 0. The molecule has 0 aromatic rings. The van der Waals surface area contributed by atoms with Gasteiger partial charge in [0, 0.05) is 0 Å². The lowest BCUT2D eigenvalue weighted by atomic mass is 9.90. The number of aliphatic hydroxyl groups is 2. The summed E-state index contributed by atoms with van der Waals surface area (Å²) in [4.78, 5) is 0. The average Bonchev–Trinajstić information content (AvgIpc) is 2.68. The molecule has 0 aliphatic heterocycles. The van der Waals surface area contributed by atoms with Crippen molar-refractivity contribution < 1.29 is 27.9 Å². The first-order chi connectivity index (χ1) is 14.6. The van der Waals surface area contributed by atoms with Crippen LogP contribution in [-0.4, -0.2) is 35.5 Å². The van der Waals surface area contributed by atoms with Gasteiger partial charge in [0.05, 0.1) is 25.3 Å². The van der Waals surface area contributed by atoms with Crippen molar-refractivity contribution in [1.82, 2.24) is 0 Å². The number of hydrogen-bond donors (Lipinski definition) is 3. The number of hydrogen-bond acceptors (Lipinski definition) is 2. The van der Waals surface area contributed by atoms with E-state index in [0.29, 0.717) is 5.92 Å². The standard InChI is InChI=1S/C27H53NO2.ClH/c1-4-21-28-22-19-17-15-13-11-9-7-5-6-8-10-12-14-16-18-20-27(23-25(2)29)24-26(3)30;/h4-6,25-30H,1,7-24H2,2-3H3;1H. The minimum Gasteiger partial charge on any atom is -1.00 e. The molecule has 0 rings (SSSR count). The molecule has 4 N–H and O–H groups in total. The summed E-state index contributed by atoms with van der Waals surface area (Å²) in [6.07, 6.45) is 26.2. The SMILES string of the molecule is C=CC[NH2+]CCCCCCCCC=CCCCCCCCC(CC(C)O)CC(C)O.[Cl-]. The summed E-state index contributed by atoms with van der Waals surface area (Å²) in [6.45, 7) is 9.77. The van der Waals surface area contributed by atoms with Crippen LogP contribution >= 0.6 is 0 Å². The van der Waals surface area contributed by atoms with E-state index in [1.54, 1.807) is 0 Å². The predicted octanol–water partition coefficient (Wildman–Crippen LogP) is 2.92. The van der Waals surface area contributed by atoms with Crippen LogP contribution in [0.25, 0.3) is 0 Å². The highest BCUT2D eigenvalue weighted by Crippen LogP contribution is 2.21. The summed E-state index contributed by atoms with van der Waals surface area (Å²) in [5, 5.41) is 21.5. The second-order valence-electron chi connectivity index (χ2n) is 9.36. The molecule has 0 aliphatic carbocycles. The molecule has 4 heteroatoms. The quantitative estimate of drug-likeness (QED) is 0.162. The number of nitrogens with two attached hydrogens (primary N) is 1. The van der Waals surface area contributed by atoms with Crippen LogP contribution in [0, 0.1) is 5.92 Å². The second-order valence-corrected chi connectivity index (χ2v) is 9.36. The molecule has 2 unspecified atom stereocenters. The van der Waals surface area contributed by atoms with E-state index in [9.17, 15) is 10.2 Å². The van der Waals surface area contributed by atoms with Gasteiger partial charge in [-0.15, -0.1) is 0 Å². The molecule has 0 aromatic heterocycles. The molecule has 0 spiro atoms. The highest BCUT2D eigenvalue weighted by atomic mass is 35.5. The minimum atomic E-state index is -0.253. The van der Waals surface area contributed by atoms with E-state index in [1.165, 1.54) is 90.0 Å². The van der Waals surface area contributed by atoms with Crippen LogP contribution in [0.1, 0.15) is 117 Å². The summed E-state index contributed by atoms with van der Waals surface area (Å²) >= 11 is 0. The van der Waals surface area contributed by atoms with Gasteiger partial charge in [-0.2, -0.15) is 0 Å². The lowest BCUT2D eigenvalue weighted by Crippen LogP contribution is -3.00. The number of unbranched alkanes of at least 4 members (excludes halogenated alkanes) is 11. The number of allylic oxidation sites excluding steroid dienone is 2. The third kappa shape index (κ3) is 27.6. The second kappa shape index (κ2) is 25.9. The molecular formula is C27H54ClNO2. The first-order valence-electron chi connectivity index (χ1n) is 13.0. The third-order valence-electron chi connectivity index (χ3n) is 5.86. The fraction of sp³-hybridized carbons (Fsp3) is 0.852. The third-order valence-corrected chi connectivity index (χ3v) is 5.86. The van der Waals surface area contributed by atoms with Crippen molar-refractivity contribution in [2.24, 2.45) is 5.92 Å². The topological polar surface area (TPSA) is 57.1 Å². The van der Waals surface area contributed by atoms with Crippen LogP contribution < -0.4 is 17.7 Å². The van der Waals surface area contributed by atoms with E-state index in [-0.39, 0.29) is 24.6 Å². The van der Waals surface area contributed by atoms with Crippen molar-refractivity contribution in [3.63, 3.8) is 0 Å². The molecule has 0 saturated carbocycles. The van der Waals surface area contributed by atoms with Crippen molar-refractivity contribution >= 4 is 0 Å². The van der Waals surface area contributed by atoms with Gasteiger partial charge in [-0.1, -0.05) is 70.1 Å². The fourth-order valence-corrected chi connectivity index (χ4v) is 4.25. The van der Waals surface area contributed by atoms with Crippen LogP contribution in [0.15, 0.2) is 24.8 Å². The lowest BCUT2D eigenvalue weighted by Gasteiger charge is -2.19. The summed E-state index contributed by atoms with van der Waals surface area (Å²) in [6, 6.07) is 0. The van der Waals surface area contributed by atoms with Gasteiger partial charge in [0.15, 0.2) is 0 Å². The smallest absolute Gasteiger partial charge is 0.0939 e. The number of quaternary nitrogens is 1. The molecule has 0 fully saturated rings. The van der Waals surface area contributed by atoms with Gasteiger partial charge < -0.3 is 27.9 Å². The first kappa shape index (κ1) is 32.8. The zero-order valence-corrected chi connectivity index (χ0v) is 21.5. The molecule has 0 amide bonds. The van der Waals surface area contributed by atoms with Crippen LogP contribution in [-0.2, 0) is 0 Å². The summed E-state index contributed by atoms with van der Waals surface area (Å²) in [5.74, 6) is 0.466. The minimum absolute atomic E-state index is 0. The van der Waals surface area contributed by atoms with E-state index < -0.39 is 0 Å². The van der Waals surface area contributed by atoms with E-state index >= 15 is 0 Å². The Kier molecular flexibility index (Phi) is 27.4. The normalized spacial score (nSPS) is 14.3. The Balaban J connectivity index is 0. The molecule has 2 atom stereocenters. The van der Waals surface area contributed by atoms with Crippen LogP contribution in [0.5, 0.6) is 0 Å². The maximum absolute atomic E-state index is 9.60. The molecule has 3 nitrogen and oxygen atoms in total. The highest BCUT2D eigenvalue weighted by molar-refractivity contribution is 4.81. The maximum Gasteiger partial charge on any atom is 0.0939 e. The molecule has 186 valence electrons. The van der Waals surface area contributed by atoms with Crippen LogP contribution in [0.3, 0.4) is 0 Å². The van der Waals surface area contributed by atoms with Gasteiger partial charge in [0.1, 0.15) is 0 Å². The Labute approximate surface area is 200 Å². The fourth-order valence-electron chi connectivity index (χ4n) is 4.25. The molecule has 0 aromatic carbocycles. The molecule has 31 heavy (non-hydrogen) atoms. The zero-order chi connectivity index (χ0) is 22.3. The van der Waals surface area contributed by atoms with Crippen LogP contribution in [0.2, 0.25) is 0 Å². The Hall–Kier alpha value is -0.350. The molecule has 0 radical (unpaired) electrons. The van der Waals surface area contributed by atoms with Crippen molar-refractivity contribution in [3.05, 3.63) is 24.8 Å². The largest absolute Gasteiger partial charge is 1.00 e. The average molecular weight is 460 g/mol.